The van der Waals surface area contributed by atoms with Crippen molar-refractivity contribution in [2.75, 3.05) is 45.8 Å². The van der Waals surface area contributed by atoms with Crippen molar-refractivity contribution in [1.82, 2.24) is 15.1 Å². The lowest BCUT2D eigenvalue weighted by atomic mass is 10.2. The molecular formula is C14H32IN5. The second-order valence-corrected chi connectivity index (χ2v) is 5.10. The van der Waals surface area contributed by atoms with E-state index in [2.05, 4.69) is 40.9 Å². The first-order valence-electron chi connectivity index (χ1n) is 7.71. The predicted molar refractivity (Wildman–Crippen MR) is 98.0 cm³/mol. The minimum atomic E-state index is 0. The van der Waals surface area contributed by atoms with Gasteiger partial charge in [-0.2, -0.15) is 0 Å². The summed E-state index contributed by atoms with van der Waals surface area (Å²) in [7, 11) is 0. The molecule has 5 nitrogen and oxygen atoms in total. The molecule has 1 aliphatic rings. The zero-order valence-electron chi connectivity index (χ0n) is 13.3. The average Bonchev–Trinajstić information content (AvgIpc) is 2.88. The number of rotatable bonds is 8. The largest absolute Gasteiger partial charge is 0.370 e. The third-order valence-electron chi connectivity index (χ3n) is 4.01. The van der Waals surface area contributed by atoms with Gasteiger partial charge in [0, 0.05) is 19.1 Å². The van der Waals surface area contributed by atoms with Gasteiger partial charge >= 0.3 is 0 Å². The molecule has 0 bridgehead atoms. The molecule has 6 heteroatoms. The third kappa shape index (κ3) is 7.08. The Hall–Kier alpha value is -0.0800. The Labute approximate surface area is 141 Å². The van der Waals surface area contributed by atoms with Gasteiger partial charge in [0.15, 0.2) is 5.96 Å². The van der Waals surface area contributed by atoms with Crippen molar-refractivity contribution in [3.8, 4) is 0 Å². The van der Waals surface area contributed by atoms with E-state index in [1.807, 2.05) is 0 Å². The van der Waals surface area contributed by atoms with Crippen LogP contribution in [-0.2, 0) is 0 Å². The summed E-state index contributed by atoms with van der Waals surface area (Å²) in [6.07, 6.45) is 2.55. The van der Waals surface area contributed by atoms with E-state index in [9.17, 15) is 0 Å². The van der Waals surface area contributed by atoms with Crippen molar-refractivity contribution in [2.24, 2.45) is 10.7 Å². The first-order chi connectivity index (χ1) is 9.21. The van der Waals surface area contributed by atoms with Crippen molar-refractivity contribution < 1.29 is 0 Å². The van der Waals surface area contributed by atoms with Crippen molar-refractivity contribution in [3.63, 3.8) is 0 Å². The Morgan fingerprint density at radius 1 is 1.35 bits per heavy atom. The molecule has 3 N–H and O–H groups in total. The Kier molecular flexibility index (Phi) is 11.5. The molecule has 1 heterocycles. The number of nitrogens with zero attached hydrogens (tertiary/aromatic N) is 3. The Bertz CT molecular complexity index is 268. The van der Waals surface area contributed by atoms with Gasteiger partial charge in [-0.1, -0.05) is 20.8 Å². The molecular weight excluding hydrogens is 365 g/mol. The predicted octanol–water partition coefficient (Wildman–Crippen LogP) is 1.33. The van der Waals surface area contributed by atoms with Crippen LogP contribution >= 0.6 is 24.0 Å². The van der Waals surface area contributed by atoms with Crippen LogP contribution in [0.4, 0.5) is 0 Å². The van der Waals surface area contributed by atoms with Crippen molar-refractivity contribution in [3.05, 3.63) is 0 Å². The monoisotopic (exact) mass is 397 g/mol. The van der Waals surface area contributed by atoms with Gasteiger partial charge in [0.2, 0.25) is 0 Å². The van der Waals surface area contributed by atoms with E-state index < -0.39 is 0 Å². The fourth-order valence-electron chi connectivity index (χ4n) is 2.66. The zero-order valence-corrected chi connectivity index (χ0v) is 15.6. The second-order valence-electron chi connectivity index (χ2n) is 5.10. The van der Waals surface area contributed by atoms with E-state index in [1.54, 1.807) is 0 Å². The van der Waals surface area contributed by atoms with Gasteiger partial charge in [-0.25, -0.2) is 0 Å². The Balaban J connectivity index is 0.00000361. The maximum Gasteiger partial charge on any atom is 0.188 e. The van der Waals surface area contributed by atoms with E-state index in [0.29, 0.717) is 12.0 Å². The number of halogens is 1. The zero-order chi connectivity index (χ0) is 14.1. The maximum atomic E-state index is 5.91. The van der Waals surface area contributed by atoms with E-state index in [0.717, 1.165) is 39.3 Å². The number of aliphatic imine (C=N–C) groups is 1. The first kappa shape index (κ1) is 19.9. The highest BCUT2D eigenvalue weighted by atomic mass is 127. The normalized spacial score (nSPS) is 20.2. The van der Waals surface area contributed by atoms with Crippen LogP contribution in [0.2, 0.25) is 0 Å². The fourth-order valence-corrected chi connectivity index (χ4v) is 2.66. The molecule has 0 radical (unpaired) electrons. The summed E-state index contributed by atoms with van der Waals surface area (Å²) in [5, 5.41) is 3.21. The van der Waals surface area contributed by atoms with Crippen LogP contribution < -0.4 is 11.1 Å². The summed E-state index contributed by atoms with van der Waals surface area (Å²) in [5.41, 5.74) is 5.91. The topological polar surface area (TPSA) is 56.9 Å². The standard InChI is InChI=1S/C14H31N5.HI/c1-4-18(5-2)11-9-16-14(15)17-12-13-8-7-10-19(13)6-3;/h13H,4-12H2,1-3H3,(H3,15,16,17);1H. The number of likely N-dealkylation sites (tertiary alicyclic amines) is 1. The summed E-state index contributed by atoms with van der Waals surface area (Å²) < 4.78 is 0. The fraction of sp³-hybridized carbons (Fsp3) is 0.929. The Morgan fingerprint density at radius 3 is 2.65 bits per heavy atom. The molecule has 1 rings (SSSR count). The highest BCUT2D eigenvalue weighted by Gasteiger charge is 2.22. The SMILES string of the molecule is CCN(CC)CCNC(N)=NCC1CCCN1CC.I. The van der Waals surface area contributed by atoms with Gasteiger partial charge in [-0.15, -0.1) is 24.0 Å². The van der Waals surface area contributed by atoms with Crippen molar-refractivity contribution in [1.29, 1.82) is 0 Å². The van der Waals surface area contributed by atoms with Crippen molar-refractivity contribution in [2.45, 2.75) is 39.7 Å². The van der Waals surface area contributed by atoms with E-state index in [4.69, 9.17) is 5.73 Å². The van der Waals surface area contributed by atoms with Crippen LogP contribution in [0.3, 0.4) is 0 Å². The number of nitrogens with one attached hydrogen (secondary N) is 1. The van der Waals surface area contributed by atoms with Crippen LogP contribution in [-0.4, -0.2) is 67.6 Å². The van der Waals surface area contributed by atoms with Gasteiger partial charge in [-0.3, -0.25) is 9.89 Å². The molecule has 0 aromatic carbocycles. The van der Waals surface area contributed by atoms with Crippen LogP contribution in [0.15, 0.2) is 4.99 Å². The molecule has 1 aliphatic heterocycles. The Morgan fingerprint density at radius 2 is 2.05 bits per heavy atom. The van der Waals surface area contributed by atoms with E-state index in [1.165, 1.54) is 19.4 Å². The first-order valence-corrected chi connectivity index (χ1v) is 7.71. The molecule has 120 valence electrons. The summed E-state index contributed by atoms with van der Waals surface area (Å²) in [4.78, 5) is 9.34. The highest BCUT2D eigenvalue weighted by Crippen LogP contribution is 2.16. The van der Waals surface area contributed by atoms with Gasteiger partial charge in [0.25, 0.3) is 0 Å². The maximum absolute atomic E-state index is 5.91. The lowest BCUT2D eigenvalue weighted by Crippen LogP contribution is -2.39. The summed E-state index contributed by atoms with van der Waals surface area (Å²) in [6, 6.07) is 0.591. The van der Waals surface area contributed by atoms with Crippen LogP contribution in [0.5, 0.6) is 0 Å². The van der Waals surface area contributed by atoms with Gasteiger partial charge in [-0.05, 0) is 39.0 Å². The van der Waals surface area contributed by atoms with Crippen LogP contribution in [0.1, 0.15) is 33.6 Å². The molecule has 0 spiro atoms. The lowest BCUT2D eigenvalue weighted by molar-refractivity contribution is 0.273. The molecule has 0 amide bonds. The van der Waals surface area contributed by atoms with Gasteiger partial charge < -0.3 is 16.0 Å². The minimum Gasteiger partial charge on any atom is -0.370 e. The number of hydrogen-bond acceptors (Lipinski definition) is 3. The molecule has 20 heavy (non-hydrogen) atoms. The smallest absolute Gasteiger partial charge is 0.188 e. The van der Waals surface area contributed by atoms with Crippen LogP contribution in [0.25, 0.3) is 0 Å². The molecule has 1 fully saturated rings. The van der Waals surface area contributed by atoms with E-state index in [-0.39, 0.29) is 24.0 Å². The average molecular weight is 397 g/mol. The van der Waals surface area contributed by atoms with Gasteiger partial charge in [0.05, 0.1) is 6.54 Å². The molecule has 0 aromatic rings. The molecule has 1 unspecified atom stereocenters. The number of likely N-dealkylation sites (N-methyl/N-ethyl adjacent to an activating group) is 2. The number of hydrogen-bond donors (Lipinski definition) is 2. The minimum absolute atomic E-state index is 0. The van der Waals surface area contributed by atoms with Crippen molar-refractivity contribution >= 4 is 29.9 Å². The van der Waals surface area contributed by atoms with Gasteiger partial charge in [0.1, 0.15) is 0 Å². The number of nitrogens with two attached hydrogens (primary N) is 1. The molecule has 0 aromatic heterocycles. The molecule has 0 saturated carbocycles. The second kappa shape index (κ2) is 11.6. The summed E-state index contributed by atoms with van der Waals surface area (Å²) in [5.74, 6) is 0.593. The lowest BCUT2D eigenvalue weighted by Gasteiger charge is -2.21. The van der Waals surface area contributed by atoms with E-state index >= 15 is 0 Å². The van der Waals surface area contributed by atoms with Crippen LogP contribution in [0, 0.1) is 0 Å². The summed E-state index contributed by atoms with van der Waals surface area (Å²) in [6.45, 7) is 13.8. The molecule has 0 aliphatic carbocycles. The summed E-state index contributed by atoms with van der Waals surface area (Å²) >= 11 is 0. The molecule has 1 atom stereocenters. The third-order valence-corrected chi connectivity index (χ3v) is 4.01. The quantitative estimate of drug-likeness (QED) is 0.369. The number of guanidine groups is 1. The molecule has 1 saturated heterocycles. The highest BCUT2D eigenvalue weighted by molar-refractivity contribution is 14.0.